The molecule has 1 aliphatic heterocycles. The van der Waals surface area contributed by atoms with E-state index in [0.29, 0.717) is 30.8 Å². The first-order chi connectivity index (χ1) is 14.9. The van der Waals surface area contributed by atoms with E-state index in [4.69, 9.17) is 0 Å². The number of aromatic nitrogens is 5. The van der Waals surface area contributed by atoms with E-state index in [1.165, 1.54) is 4.90 Å². The lowest BCUT2D eigenvalue weighted by molar-refractivity contribution is -0.139. The van der Waals surface area contributed by atoms with Crippen molar-refractivity contribution in [2.75, 3.05) is 6.54 Å². The molecule has 0 aliphatic carbocycles. The van der Waals surface area contributed by atoms with Crippen LogP contribution < -0.4 is 0 Å². The SMILES string of the molecule is Cc1nn(C)c(C)c1/C(O)=C1\C(=O)C(=O)N(CCCn2ccnc2)[C@@H]1c1ccncc1. The summed E-state index contributed by atoms with van der Waals surface area (Å²) in [6.07, 6.45) is 9.12. The van der Waals surface area contributed by atoms with Crippen LogP contribution in [0.4, 0.5) is 0 Å². The van der Waals surface area contributed by atoms with Crippen LogP contribution >= 0.6 is 0 Å². The predicted molar refractivity (Wildman–Crippen MR) is 113 cm³/mol. The number of ketones is 1. The molecule has 4 rings (SSSR count). The lowest BCUT2D eigenvalue weighted by Gasteiger charge is -2.25. The summed E-state index contributed by atoms with van der Waals surface area (Å²) in [4.78, 5) is 35.6. The van der Waals surface area contributed by atoms with Crippen molar-refractivity contribution >= 4 is 17.4 Å². The van der Waals surface area contributed by atoms with Gasteiger partial charge in [0.15, 0.2) is 0 Å². The lowest BCUT2D eigenvalue weighted by Crippen LogP contribution is -2.31. The van der Waals surface area contributed by atoms with Crippen LogP contribution in [0.1, 0.15) is 35.0 Å². The molecular weight excluding hydrogens is 396 g/mol. The summed E-state index contributed by atoms with van der Waals surface area (Å²) in [5.74, 6) is -1.50. The molecule has 31 heavy (non-hydrogen) atoms. The van der Waals surface area contributed by atoms with Gasteiger partial charge in [-0.05, 0) is 38.0 Å². The highest BCUT2D eigenvalue weighted by Crippen LogP contribution is 2.40. The van der Waals surface area contributed by atoms with Gasteiger partial charge in [0.25, 0.3) is 11.7 Å². The Labute approximate surface area is 179 Å². The fourth-order valence-corrected chi connectivity index (χ4v) is 4.10. The Balaban J connectivity index is 1.76. The maximum atomic E-state index is 13.1. The zero-order valence-corrected chi connectivity index (χ0v) is 17.7. The Morgan fingerprint density at radius 2 is 1.84 bits per heavy atom. The summed E-state index contributed by atoms with van der Waals surface area (Å²) in [7, 11) is 1.77. The monoisotopic (exact) mass is 420 g/mol. The molecule has 1 aliphatic rings. The number of amides is 1. The van der Waals surface area contributed by atoms with Crippen molar-refractivity contribution < 1.29 is 14.7 Å². The minimum Gasteiger partial charge on any atom is -0.507 e. The van der Waals surface area contributed by atoms with Gasteiger partial charge in [-0.1, -0.05) is 0 Å². The quantitative estimate of drug-likeness (QED) is 0.372. The molecule has 160 valence electrons. The third-order valence-corrected chi connectivity index (χ3v) is 5.68. The molecule has 1 atom stereocenters. The van der Waals surface area contributed by atoms with Crippen molar-refractivity contribution in [3.8, 4) is 0 Å². The number of pyridine rings is 1. The summed E-state index contributed by atoms with van der Waals surface area (Å²) in [6, 6.07) is 2.83. The van der Waals surface area contributed by atoms with Crippen molar-refractivity contribution in [3.63, 3.8) is 0 Å². The van der Waals surface area contributed by atoms with Crippen molar-refractivity contribution in [2.45, 2.75) is 32.9 Å². The van der Waals surface area contributed by atoms with Crippen LogP contribution in [0, 0.1) is 13.8 Å². The molecule has 0 saturated carbocycles. The van der Waals surface area contributed by atoms with Gasteiger partial charge in [0.1, 0.15) is 5.76 Å². The van der Waals surface area contributed by atoms with E-state index >= 15 is 0 Å². The summed E-state index contributed by atoms with van der Waals surface area (Å²) in [6.45, 7) is 4.60. The van der Waals surface area contributed by atoms with E-state index in [9.17, 15) is 14.7 Å². The van der Waals surface area contributed by atoms with Crippen molar-refractivity contribution in [3.05, 3.63) is 71.3 Å². The number of rotatable bonds is 6. The van der Waals surface area contributed by atoms with Gasteiger partial charge in [-0.15, -0.1) is 0 Å². The van der Waals surface area contributed by atoms with E-state index in [1.54, 1.807) is 55.7 Å². The number of aliphatic hydroxyl groups excluding tert-OH is 1. The Kier molecular flexibility index (Phi) is 5.41. The lowest BCUT2D eigenvalue weighted by atomic mass is 9.95. The van der Waals surface area contributed by atoms with E-state index in [0.717, 1.165) is 11.3 Å². The molecule has 0 unspecified atom stereocenters. The van der Waals surface area contributed by atoms with Gasteiger partial charge in [-0.2, -0.15) is 5.10 Å². The van der Waals surface area contributed by atoms with Gasteiger partial charge < -0.3 is 14.6 Å². The Morgan fingerprint density at radius 3 is 2.45 bits per heavy atom. The summed E-state index contributed by atoms with van der Waals surface area (Å²) >= 11 is 0. The fourth-order valence-electron chi connectivity index (χ4n) is 4.10. The minimum absolute atomic E-state index is 0.0815. The largest absolute Gasteiger partial charge is 0.507 e. The topological polar surface area (TPSA) is 106 Å². The molecule has 0 aromatic carbocycles. The molecule has 3 aromatic rings. The Bertz CT molecular complexity index is 1150. The number of imidazole rings is 1. The fraction of sp³-hybridized carbons (Fsp3) is 0.318. The molecule has 0 spiro atoms. The summed E-state index contributed by atoms with van der Waals surface area (Å²) in [5, 5.41) is 15.5. The highest BCUT2D eigenvalue weighted by Gasteiger charge is 2.46. The zero-order valence-electron chi connectivity index (χ0n) is 17.7. The first-order valence-electron chi connectivity index (χ1n) is 10.0. The van der Waals surface area contributed by atoms with Crippen molar-refractivity contribution in [1.82, 2.24) is 29.2 Å². The number of hydrogen-bond donors (Lipinski definition) is 1. The van der Waals surface area contributed by atoms with Crippen LogP contribution in [0.25, 0.3) is 5.76 Å². The van der Waals surface area contributed by atoms with E-state index < -0.39 is 17.7 Å². The molecule has 0 bridgehead atoms. The minimum atomic E-state index is -0.690. The van der Waals surface area contributed by atoms with Gasteiger partial charge in [-0.3, -0.25) is 19.3 Å². The third kappa shape index (κ3) is 3.63. The second-order valence-electron chi connectivity index (χ2n) is 7.60. The highest BCUT2D eigenvalue weighted by atomic mass is 16.3. The van der Waals surface area contributed by atoms with Crippen LogP contribution in [-0.2, 0) is 23.2 Å². The van der Waals surface area contributed by atoms with Crippen LogP contribution in [0.15, 0.2) is 48.8 Å². The van der Waals surface area contributed by atoms with Crippen LogP contribution in [0.3, 0.4) is 0 Å². The Hall–Kier alpha value is -3.75. The third-order valence-electron chi connectivity index (χ3n) is 5.68. The van der Waals surface area contributed by atoms with Gasteiger partial charge in [0.2, 0.25) is 0 Å². The van der Waals surface area contributed by atoms with Crippen molar-refractivity contribution in [1.29, 1.82) is 0 Å². The van der Waals surface area contributed by atoms with E-state index in [2.05, 4.69) is 15.1 Å². The number of carbonyl (C=O) groups excluding carboxylic acids is 2. The molecule has 9 heteroatoms. The number of aryl methyl sites for hydroxylation is 3. The second-order valence-corrected chi connectivity index (χ2v) is 7.60. The highest BCUT2D eigenvalue weighted by molar-refractivity contribution is 6.46. The predicted octanol–water partition coefficient (Wildman–Crippen LogP) is 2.14. The average molecular weight is 420 g/mol. The van der Waals surface area contributed by atoms with Crippen molar-refractivity contribution in [2.24, 2.45) is 7.05 Å². The summed E-state index contributed by atoms with van der Waals surface area (Å²) < 4.78 is 3.56. The molecule has 1 N–H and O–H groups in total. The van der Waals surface area contributed by atoms with Gasteiger partial charge in [0, 0.05) is 50.6 Å². The van der Waals surface area contributed by atoms with Crippen LogP contribution in [0.2, 0.25) is 0 Å². The molecule has 1 amide bonds. The standard InChI is InChI=1S/C22H24N6O3/c1-14-17(15(2)26(3)25-14)20(29)18-19(16-5-7-23-8-6-16)28(22(31)21(18)30)11-4-10-27-12-9-24-13-27/h5-9,12-13,19,29H,4,10-11H2,1-3H3/b20-18+/t19-/m1/s1. The normalized spacial score (nSPS) is 18.2. The van der Waals surface area contributed by atoms with Gasteiger partial charge in [0.05, 0.1) is 29.2 Å². The molecule has 1 saturated heterocycles. The maximum Gasteiger partial charge on any atom is 0.295 e. The number of aliphatic hydroxyl groups is 1. The number of nitrogens with zero attached hydrogens (tertiary/aromatic N) is 6. The molecule has 9 nitrogen and oxygen atoms in total. The van der Waals surface area contributed by atoms with Crippen LogP contribution in [-0.4, -0.2) is 52.6 Å². The molecule has 3 aromatic heterocycles. The number of hydrogen-bond acceptors (Lipinski definition) is 6. The summed E-state index contributed by atoms with van der Waals surface area (Å²) in [5.41, 5.74) is 2.60. The van der Waals surface area contributed by atoms with Gasteiger partial charge in [-0.25, -0.2) is 4.98 Å². The smallest absolute Gasteiger partial charge is 0.295 e. The maximum absolute atomic E-state index is 13.1. The average Bonchev–Trinajstić information content (AvgIpc) is 3.43. The first-order valence-corrected chi connectivity index (χ1v) is 10.0. The second kappa shape index (κ2) is 8.17. The zero-order chi connectivity index (χ0) is 22.1. The van der Waals surface area contributed by atoms with E-state index in [1.807, 2.05) is 17.7 Å². The number of Topliss-reactive ketones (excluding diaryl/α,β-unsaturated/α-hetero) is 1. The van der Waals surface area contributed by atoms with Crippen LogP contribution in [0.5, 0.6) is 0 Å². The molecule has 4 heterocycles. The molecular formula is C22H24N6O3. The molecule has 1 fully saturated rings. The van der Waals surface area contributed by atoms with Gasteiger partial charge >= 0.3 is 0 Å². The first kappa shape index (κ1) is 20.5. The number of carbonyl (C=O) groups is 2. The Morgan fingerprint density at radius 1 is 1.10 bits per heavy atom. The molecule has 0 radical (unpaired) electrons. The van der Waals surface area contributed by atoms with E-state index in [-0.39, 0.29) is 11.3 Å². The number of likely N-dealkylation sites (tertiary alicyclic amines) is 1.